The minimum absolute atomic E-state index is 0.112. The summed E-state index contributed by atoms with van der Waals surface area (Å²) in [5.41, 5.74) is -0.832. The van der Waals surface area contributed by atoms with Crippen molar-refractivity contribution < 1.29 is 14.3 Å². The molecular formula is C15H26N2O3. The normalized spacial score (nSPS) is 26.1. The van der Waals surface area contributed by atoms with Gasteiger partial charge in [-0.15, -0.1) is 0 Å². The van der Waals surface area contributed by atoms with Crippen LogP contribution in [0.5, 0.6) is 0 Å². The van der Waals surface area contributed by atoms with Crippen LogP contribution in [0.1, 0.15) is 48.0 Å². The van der Waals surface area contributed by atoms with Gasteiger partial charge in [0.05, 0.1) is 12.1 Å². The maximum atomic E-state index is 12.4. The van der Waals surface area contributed by atoms with E-state index < -0.39 is 5.60 Å². The van der Waals surface area contributed by atoms with Gasteiger partial charge in [-0.25, -0.2) is 4.79 Å². The van der Waals surface area contributed by atoms with Crippen LogP contribution in [0.2, 0.25) is 0 Å². The van der Waals surface area contributed by atoms with Crippen LogP contribution in [0.15, 0.2) is 0 Å². The fourth-order valence-corrected chi connectivity index (χ4v) is 2.89. The maximum Gasteiger partial charge on any atom is 0.410 e. The molecule has 2 aliphatic rings. The molecule has 2 heterocycles. The minimum Gasteiger partial charge on any atom is -0.444 e. The van der Waals surface area contributed by atoms with Crippen molar-refractivity contribution in [1.82, 2.24) is 9.80 Å². The molecule has 5 nitrogen and oxygen atoms in total. The van der Waals surface area contributed by atoms with Crippen LogP contribution < -0.4 is 0 Å². The van der Waals surface area contributed by atoms with Crippen molar-refractivity contribution in [3.05, 3.63) is 0 Å². The zero-order chi connectivity index (χ0) is 15.3. The Hall–Kier alpha value is -1.26. The molecule has 0 aromatic heterocycles. The van der Waals surface area contributed by atoms with E-state index in [1.807, 2.05) is 46.4 Å². The molecule has 2 aliphatic heterocycles. The summed E-state index contributed by atoms with van der Waals surface area (Å²) in [6, 6.07) is 0.264. The van der Waals surface area contributed by atoms with E-state index in [4.69, 9.17) is 4.74 Å². The highest BCUT2D eigenvalue weighted by molar-refractivity contribution is 5.83. The lowest BCUT2D eigenvalue weighted by Gasteiger charge is -2.37. The SMILES string of the molecule is CC(C)(C)OC(=O)N1CC2CC1CN2C(=O)C(C)(C)C. The molecule has 0 aromatic rings. The van der Waals surface area contributed by atoms with Gasteiger partial charge in [-0.3, -0.25) is 4.79 Å². The Morgan fingerprint density at radius 3 is 1.85 bits per heavy atom. The second kappa shape index (κ2) is 4.64. The smallest absolute Gasteiger partial charge is 0.410 e. The molecular weight excluding hydrogens is 256 g/mol. The summed E-state index contributed by atoms with van der Waals surface area (Å²) >= 11 is 0. The number of hydrogen-bond donors (Lipinski definition) is 0. The number of likely N-dealkylation sites (tertiary alicyclic amines) is 2. The molecule has 0 spiro atoms. The molecule has 2 atom stereocenters. The Labute approximate surface area is 121 Å². The fourth-order valence-electron chi connectivity index (χ4n) is 2.89. The molecule has 2 bridgehead atoms. The number of amides is 2. The van der Waals surface area contributed by atoms with Gasteiger partial charge in [-0.2, -0.15) is 0 Å². The summed E-state index contributed by atoms with van der Waals surface area (Å²) < 4.78 is 5.42. The van der Waals surface area contributed by atoms with Crippen LogP contribution in [0.3, 0.4) is 0 Å². The molecule has 2 saturated heterocycles. The topological polar surface area (TPSA) is 49.9 Å². The summed E-state index contributed by atoms with van der Waals surface area (Å²) in [5.74, 6) is 0.175. The first-order chi connectivity index (χ1) is 8.99. The van der Waals surface area contributed by atoms with Crippen LogP contribution >= 0.6 is 0 Å². The molecule has 0 saturated carbocycles. The Morgan fingerprint density at radius 1 is 0.950 bits per heavy atom. The molecule has 0 aromatic carbocycles. The monoisotopic (exact) mass is 282 g/mol. The molecule has 5 heteroatoms. The third-order valence-corrected chi connectivity index (χ3v) is 3.77. The summed E-state index contributed by atoms with van der Waals surface area (Å²) in [5, 5.41) is 0. The first-order valence-corrected chi connectivity index (χ1v) is 7.30. The molecule has 2 fully saturated rings. The number of fused-ring (bicyclic) bond motifs is 2. The van der Waals surface area contributed by atoms with Gasteiger partial charge in [0, 0.05) is 18.5 Å². The largest absolute Gasteiger partial charge is 0.444 e. The Kier molecular flexibility index (Phi) is 3.51. The first-order valence-electron chi connectivity index (χ1n) is 7.30. The number of carbonyl (C=O) groups excluding carboxylic acids is 2. The minimum atomic E-state index is -0.472. The lowest BCUT2D eigenvalue weighted by Crippen LogP contribution is -2.53. The van der Waals surface area contributed by atoms with Gasteiger partial charge in [0.25, 0.3) is 0 Å². The van der Waals surface area contributed by atoms with Crippen LogP contribution in [-0.2, 0) is 9.53 Å². The second-order valence-electron chi connectivity index (χ2n) is 7.88. The van der Waals surface area contributed by atoms with Gasteiger partial charge < -0.3 is 14.5 Å². The van der Waals surface area contributed by atoms with Crippen LogP contribution in [0.25, 0.3) is 0 Å². The highest BCUT2D eigenvalue weighted by atomic mass is 16.6. The average Bonchev–Trinajstić information content (AvgIpc) is 2.82. The van der Waals surface area contributed by atoms with E-state index in [2.05, 4.69) is 0 Å². The molecule has 0 N–H and O–H groups in total. The van der Waals surface area contributed by atoms with Crippen molar-refractivity contribution in [3.8, 4) is 0 Å². The van der Waals surface area contributed by atoms with Crippen molar-refractivity contribution in [2.45, 2.75) is 65.6 Å². The molecule has 2 unspecified atom stereocenters. The van der Waals surface area contributed by atoms with Crippen molar-refractivity contribution in [3.63, 3.8) is 0 Å². The van der Waals surface area contributed by atoms with Gasteiger partial charge in [0.1, 0.15) is 5.60 Å². The van der Waals surface area contributed by atoms with Crippen molar-refractivity contribution >= 4 is 12.0 Å². The maximum absolute atomic E-state index is 12.4. The molecule has 20 heavy (non-hydrogen) atoms. The Bertz CT molecular complexity index is 420. The lowest BCUT2D eigenvalue weighted by atomic mass is 9.94. The predicted octanol–water partition coefficient (Wildman–Crippen LogP) is 2.25. The van der Waals surface area contributed by atoms with E-state index in [0.717, 1.165) is 6.42 Å². The van der Waals surface area contributed by atoms with Crippen LogP contribution in [0.4, 0.5) is 4.79 Å². The lowest BCUT2D eigenvalue weighted by molar-refractivity contribution is -0.141. The third-order valence-electron chi connectivity index (χ3n) is 3.77. The van der Waals surface area contributed by atoms with E-state index in [0.29, 0.717) is 13.1 Å². The molecule has 114 valence electrons. The van der Waals surface area contributed by atoms with Crippen LogP contribution in [0, 0.1) is 5.41 Å². The fraction of sp³-hybridized carbons (Fsp3) is 0.867. The second-order valence-corrected chi connectivity index (χ2v) is 7.88. The quantitative estimate of drug-likeness (QED) is 0.684. The van der Waals surface area contributed by atoms with Crippen molar-refractivity contribution in [1.29, 1.82) is 0 Å². The number of nitrogens with zero attached hydrogens (tertiary/aromatic N) is 2. The number of carbonyl (C=O) groups is 2. The zero-order valence-corrected chi connectivity index (χ0v) is 13.4. The summed E-state index contributed by atoms with van der Waals surface area (Å²) in [6.07, 6.45) is 0.619. The Balaban J connectivity index is 1.99. The van der Waals surface area contributed by atoms with Crippen molar-refractivity contribution in [2.24, 2.45) is 5.41 Å². The number of piperazine rings is 1. The third kappa shape index (κ3) is 2.91. The molecule has 2 rings (SSSR count). The van der Waals surface area contributed by atoms with Gasteiger partial charge in [0.15, 0.2) is 0 Å². The molecule has 0 aliphatic carbocycles. The van der Waals surface area contributed by atoms with E-state index >= 15 is 0 Å². The first kappa shape index (κ1) is 15.1. The van der Waals surface area contributed by atoms with Gasteiger partial charge >= 0.3 is 6.09 Å². The molecule has 0 radical (unpaired) electrons. The summed E-state index contributed by atoms with van der Waals surface area (Å²) in [4.78, 5) is 28.2. The van der Waals surface area contributed by atoms with Crippen molar-refractivity contribution in [2.75, 3.05) is 13.1 Å². The zero-order valence-electron chi connectivity index (χ0n) is 13.4. The highest BCUT2D eigenvalue weighted by Gasteiger charge is 2.49. The van der Waals surface area contributed by atoms with E-state index in [1.54, 1.807) is 4.90 Å². The number of ether oxygens (including phenoxy) is 1. The van der Waals surface area contributed by atoms with Gasteiger partial charge in [0.2, 0.25) is 5.91 Å². The van der Waals surface area contributed by atoms with E-state index in [9.17, 15) is 9.59 Å². The average molecular weight is 282 g/mol. The number of rotatable bonds is 0. The highest BCUT2D eigenvalue weighted by Crippen LogP contribution is 2.34. The molecule has 2 amide bonds. The summed E-state index contributed by atoms with van der Waals surface area (Å²) in [6.45, 7) is 12.7. The standard InChI is InChI=1S/C15H26N2O3/c1-14(2,3)12(18)16-8-11-7-10(16)9-17(11)13(19)20-15(4,5)6/h10-11H,7-9H2,1-6H3. The summed E-state index contributed by atoms with van der Waals surface area (Å²) in [7, 11) is 0. The van der Waals surface area contributed by atoms with Gasteiger partial charge in [-0.05, 0) is 27.2 Å². The number of hydrogen-bond acceptors (Lipinski definition) is 3. The predicted molar refractivity (Wildman–Crippen MR) is 76.3 cm³/mol. The van der Waals surface area contributed by atoms with E-state index in [1.165, 1.54) is 0 Å². The van der Waals surface area contributed by atoms with Gasteiger partial charge in [-0.1, -0.05) is 20.8 Å². The Morgan fingerprint density at radius 2 is 1.45 bits per heavy atom. The van der Waals surface area contributed by atoms with Crippen LogP contribution in [-0.4, -0.2) is 52.6 Å². The van der Waals surface area contributed by atoms with E-state index in [-0.39, 0.29) is 29.5 Å².